The summed E-state index contributed by atoms with van der Waals surface area (Å²) in [5.74, 6) is 1.95. The van der Waals surface area contributed by atoms with Gasteiger partial charge in [-0.1, -0.05) is 23.7 Å². The van der Waals surface area contributed by atoms with Crippen LogP contribution < -0.4 is 19.5 Å². The second kappa shape index (κ2) is 12.1. The largest absolute Gasteiger partial charge is 0.493 e. The number of benzene rings is 2. The zero-order valence-corrected chi connectivity index (χ0v) is 19.1. The average Bonchev–Trinajstić information content (AvgIpc) is 2.79. The van der Waals surface area contributed by atoms with Crippen molar-refractivity contribution in [2.45, 2.75) is 25.8 Å². The smallest absolute Gasteiger partial charge is 0.255 e. The van der Waals surface area contributed by atoms with Crippen LogP contribution in [0, 0.1) is 6.92 Å². The molecule has 0 radical (unpaired) electrons. The number of aryl methyl sites for hydroxylation is 1. The van der Waals surface area contributed by atoms with E-state index in [9.17, 15) is 9.59 Å². The van der Waals surface area contributed by atoms with Gasteiger partial charge in [-0.25, -0.2) is 0 Å². The molecule has 0 spiro atoms. The Morgan fingerprint density at radius 2 is 1.77 bits per heavy atom. The van der Waals surface area contributed by atoms with E-state index in [0.717, 1.165) is 18.4 Å². The topological polar surface area (TPSA) is 77.1 Å². The lowest BCUT2D eigenvalue weighted by atomic mass is 10.0. The maximum Gasteiger partial charge on any atom is 0.255 e. The van der Waals surface area contributed by atoms with E-state index < -0.39 is 0 Å². The van der Waals surface area contributed by atoms with E-state index in [1.165, 1.54) is 0 Å². The lowest BCUT2D eigenvalue weighted by Crippen LogP contribution is -2.47. The molecule has 31 heavy (non-hydrogen) atoms. The second-order valence-corrected chi connectivity index (χ2v) is 7.46. The predicted octanol–water partition coefficient (Wildman–Crippen LogP) is 3.71. The Labute approximate surface area is 188 Å². The van der Waals surface area contributed by atoms with Gasteiger partial charge in [0.05, 0.1) is 31.9 Å². The Hall–Kier alpha value is -2.93. The summed E-state index contributed by atoms with van der Waals surface area (Å²) in [4.78, 5) is 24.5. The van der Waals surface area contributed by atoms with E-state index in [0.29, 0.717) is 47.3 Å². The summed E-state index contributed by atoms with van der Waals surface area (Å²) in [6, 6.07) is 10.9. The fourth-order valence-electron chi connectivity index (χ4n) is 3.41. The van der Waals surface area contributed by atoms with E-state index in [4.69, 9.17) is 25.8 Å². The lowest BCUT2D eigenvalue weighted by molar-refractivity contribution is -0.110. The summed E-state index contributed by atoms with van der Waals surface area (Å²) in [6.45, 7) is 3.23. The molecule has 2 aromatic carbocycles. The van der Waals surface area contributed by atoms with Crippen molar-refractivity contribution >= 4 is 23.9 Å². The molecule has 0 aliphatic carbocycles. The van der Waals surface area contributed by atoms with Crippen LogP contribution in [0.3, 0.4) is 0 Å². The monoisotopic (exact) mass is 448 g/mol. The van der Waals surface area contributed by atoms with E-state index in [1.807, 2.05) is 19.1 Å². The van der Waals surface area contributed by atoms with Crippen molar-refractivity contribution in [1.29, 1.82) is 0 Å². The molecule has 168 valence electrons. The van der Waals surface area contributed by atoms with Crippen molar-refractivity contribution in [3.63, 3.8) is 0 Å². The molecular weight excluding hydrogens is 420 g/mol. The number of hydrogen-bond donors (Lipinski definition) is 1. The second-order valence-electron chi connectivity index (χ2n) is 7.06. The number of nitrogens with zero attached hydrogens (tertiary/aromatic N) is 1. The summed E-state index contributed by atoms with van der Waals surface area (Å²) in [6.07, 6.45) is 2.49. The molecule has 1 unspecified atom stereocenters. The maximum absolute atomic E-state index is 12.3. The molecule has 1 N–H and O–H groups in total. The van der Waals surface area contributed by atoms with Gasteiger partial charge in [0.25, 0.3) is 5.91 Å². The van der Waals surface area contributed by atoms with Crippen molar-refractivity contribution in [1.82, 2.24) is 10.2 Å². The van der Waals surface area contributed by atoms with Crippen LogP contribution in [-0.4, -0.2) is 57.7 Å². The Kier molecular flexibility index (Phi) is 9.46. The number of hydrogen-bond acceptors (Lipinski definition) is 5. The third kappa shape index (κ3) is 6.52. The first kappa shape index (κ1) is 24.3. The molecule has 0 bridgehead atoms. The lowest BCUT2D eigenvalue weighted by Gasteiger charge is -2.32. The Bertz CT molecular complexity index is 865. The van der Waals surface area contributed by atoms with Gasteiger partial charge >= 0.3 is 0 Å². The van der Waals surface area contributed by atoms with E-state index >= 15 is 0 Å². The summed E-state index contributed by atoms with van der Waals surface area (Å²) >= 11 is 6.02. The van der Waals surface area contributed by atoms with Gasteiger partial charge in [0.1, 0.15) is 0 Å². The van der Waals surface area contributed by atoms with Gasteiger partial charge in [-0.15, -0.1) is 0 Å². The van der Waals surface area contributed by atoms with Gasteiger partial charge in [-0.05, 0) is 49.6 Å². The van der Waals surface area contributed by atoms with Crippen LogP contribution >= 0.6 is 11.6 Å². The molecular formula is C23H29ClN2O5. The number of methoxy groups -OCH3 is 3. The third-order valence-electron chi connectivity index (χ3n) is 4.93. The van der Waals surface area contributed by atoms with E-state index in [-0.39, 0.29) is 11.9 Å². The van der Waals surface area contributed by atoms with Crippen LogP contribution in [0.5, 0.6) is 17.2 Å². The molecule has 2 aromatic rings. The average molecular weight is 449 g/mol. The van der Waals surface area contributed by atoms with Crippen LogP contribution in [-0.2, 0) is 4.79 Å². The Morgan fingerprint density at radius 1 is 1.13 bits per heavy atom. The van der Waals surface area contributed by atoms with Crippen molar-refractivity contribution in [3.05, 3.63) is 52.5 Å². The van der Waals surface area contributed by atoms with Crippen LogP contribution in [0.15, 0.2) is 36.4 Å². The minimum absolute atomic E-state index is 0.0442. The molecule has 1 aliphatic heterocycles. The standard InChI is InChI=1S/C13H15ClN2O2.C10H14O3/c14-12-6-2-1-5-11(12)13(18)16-7-3-4-10(8-16)15-9-17;1-7-5-8(11-2)10(13-4)9(6-7)12-3/h1-2,5-6,9-10H,3-4,7-8H2,(H,15,17);5-6H,1-4H3. The maximum atomic E-state index is 12.3. The van der Waals surface area contributed by atoms with Crippen LogP contribution in [0.25, 0.3) is 0 Å². The number of rotatable bonds is 6. The van der Waals surface area contributed by atoms with Crippen LogP contribution in [0.1, 0.15) is 28.8 Å². The summed E-state index contributed by atoms with van der Waals surface area (Å²) in [5.41, 5.74) is 1.60. The summed E-state index contributed by atoms with van der Waals surface area (Å²) < 4.78 is 15.5. The van der Waals surface area contributed by atoms with Crippen molar-refractivity contribution in [3.8, 4) is 17.2 Å². The van der Waals surface area contributed by atoms with Gasteiger partial charge in [-0.3, -0.25) is 9.59 Å². The molecule has 1 atom stereocenters. The van der Waals surface area contributed by atoms with E-state index in [2.05, 4.69) is 5.32 Å². The number of ether oxygens (including phenoxy) is 3. The van der Waals surface area contributed by atoms with Crippen molar-refractivity contribution in [2.75, 3.05) is 34.4 Å². The molecule has 1 heterocycles. The molecule has 1 fully saturated rings. The molecule has 1 aliphatic rings. The van der Waals surface area contributed by atoms with E-state index in [1.54, 1.807) is 50.5 Å². The zero-order chi connectivity index (χ0) is 22.8. The third-order valence-corrected chi connectivity index (χ3v) is 5.26. The van der Waals surface area contributed by atoms with Gasteiger partial charge < -0.3 is 24.4 Å². The number of nitrogens with one attached hydrogen (secondary N) is 1. The molecule has 3 rings (SSSR count). The first-order chi connectivity index (χ1) is 14.9. The number of piperidine rings is 1. The Balaban J connectivity index is 0.000000233. The highest BCUT2D eigenvalue weighted by Gasteiger charge is 2.25. The van der Waals surface area contributed by atoms with Gasteiger partial charge in [0.2, 0.25) is 12.2 Å². The van der Waals surface area contributed by atoms with Crippen molar-refractivity contribution in [2.24, 2.45) is 0 Å². The fourth-order valence-corrected chi connectivity index (χ4v) is 3.63. The van der Waals surface area contributed by atoms with Crippen molar-refractivity contribution < 1.29 is 23.8 Å². The highest BCUT2D eigenvalue weighted by atomic mass is 35.5. The first-order valence-electron chi connectivity index (χ1n) is 9.95. The first-order valence-corrected chi connectivity index (χ1v) is 10.3. The summed E-state index contributed by atoms with van der Waals surface area (Å²) in [5, 5.41) is 3.19. The molecule has 7 nitrogen and oxygen atoms in total. The zero-order valence-electron chi connectivity index (χ0n) is 18.3. The SMILES string of the molecule is COc1cc(C)cc(OC)c1OC.O=CNC1CCCN(C(=O)c2ccccc2Cl)C1. The predicted molar refractivity (Wildman–Crippen MR) is 120 cm³/mol. The highest BCUT2D eigenvalue weighted by molar-refractivity contribution is 6.33. The van der Waals surface area contributed by atoms with Gasteiger partial charge in [0, 0.05) is 19.1 Å². The quantitative estimate of drug-likeness (QED) is 0.681. The highest BCUT2D eigenvalue weighted by Crippen LogP contribution is 2.37. The Morgan fingerprint density at radius 3 is 2.32 bits per heavy atom. The number of likely N-dealkylation sites (tertiary alicyclic amines) is 1. The van der Waals surface area contributed by atoms with Gasteiger partial charge in [-0.2, -0.15) is 0 Å². The molecule has 1 saturated heterocycles. The number of carbonyl (C=O) groups excluding carboxylic acids is 2. The molecule has 0 aromatic heterocycles. The minimum Gasteiger partial charge on any atom is -0.493 e. The number of amides is 2. The molecule has 0 saturated carbocycles. The summed E-state index contributed by atoms with van der Waals surface area (Å²) in [7, 11) is 4.81. The number of halogens is 1. The van der Waals surface area contributed by atoms with Crippen LogP contribution in [0.4, 0.5) is 0 Å². The number of carbonyl (C=O) groups is 2. The minimum atomic E-state index is -0.0713. The van der Waals surface area contributed by atoms with Crippen LogP contribution in [0.2, 0.25) is 5.02 Å². The normalized spacial score (nSPS) is 15.3. The molecule has 2 amide bonds. The van der Waals surface area contributed by atoms with Gasteiger partial charge in [0.15, 0.2) is 11.5 Å². The molecule has 8 heteroatoms. The fraction of sp³-hybridized carbons (Fsp3) is 0.391.